The largest absolute Gasteiger partial charge is 0.361 e. The number of nitrogens with zero attached hydrogens (tertiary/aromatic N) is 2. The Balaban J connectivity index is 1.86. The average molecular weight is 377 g/mol. The number of rotatable bonds is 3. The summed E-state index contributed by atoms with van der Waals surface area (Å²) in [5.74, 6) is 0.664. The molecule has 1 saturated heterocycles. The van der Waals surface area contributed by atoms with Crippen LogP contribution in [0, 0.1) is 13.8 Å². The summed E-state index contributed by atoms with van der Waals surface area (Å²) in [4.78, 5) is 15.1. The van der Waals surface area contributed by atoms with Gasteiger partial charge in [-0.15, -0.1) is 0 Å². The van der Waals surface area contributed by atoms with Gasteiger partial charge in [0.25, 0.3) is 0 Å². The van der Waals surface area contributed by atoms with Crippen LogP contribution in [0.15, 0.2) is 33.3 Å². The molecule has 0 spiro atoms. The van der Waals surface area contributed by atoms with Gasteiger partial charge in [-0.3, -0.25) is 4.79 Å². The molecule has 3 rings (SSSR count). The van der Waals surface area contributed by atoms with Gasteiger partial charge in [-0.2, -0.15) is 0 Å². The first-order chi connectivity index (χ1) is 11.0. The second-order valence-corrected chi connectivity index (χ2v) is 7.12. The Bertz CT molecular complexity index is 706. The molecule has 5 heteroatoms. The Morgan fingerprint density at radius 2 is 2.22 bits per heavy atom. The molecule has 0 radical (unpaired) electrons. The van der Waals surface area contributed by atoms with Gasteiger partial charge >= 0.3 is 0 Å². The first-order valence-electron chi connectivity index (χ1n) is 7.97. The summed E-state index contributed by atoms with van der Waals surface area (Å²) in [6, 6.07) is 8.40. The van der Waals surface area contributed by atoms with Crippen LogP contribution in [0.1, 0.15) is 54.3 Å². The molecule has 1 aliphatic heterocycles. The van der Waals surface area contributed by atoms with Gasteiger partial charge in [0.1, 0.15) is 5.76 Å². The van der Waals surface area contributed by atoms with Gasteiger partial charge in [-0.1, -0.05) is 33.2 Å². The fourth-order valence-electron chi connectivity index (χ4n) is 3.57. The van der Waals surface area contributed by atoms with E-state index in [1.54, 1.807) is 0 Å². The molecule has 1 fully saturated rings. The quantitative estimate of drug-likeness (QED) is 0.790. The van der Waals surface area contributed by atoms with Crippen molar-refractivity contribution in [1.29, 1.82) is 0 Å². The zero-order chi connectivity index (χ0) is 16.6. The van der Waals surface area contributed by atoms with E-state index < -0.39 is 0 Å². The molecule has 2 unspecified atom stereocenters. The molecule has 1 amide bonds. The molecule has 0 saturated carbocycles. The maximum absolute atomic E-state index is 13.1. The molecule has 1 aromatic heterocycles. The number of aryl methyl sites for hydroxylation is 2. The lowest BCUT2D eigenvalue weighted by atomic mass is 9.96. The molecule has 0 bridgehead atoms. The summed E-state index contributed by atoms with van der Waals surface area (Å²) >= 11 is 3.52. The van der Waals surface area contributed by atoms with Crippen LogP contribution in [0.3, 0.4) is 0 Å². The predicted octanol–water partition coefficient (Wildman–Crippen LogP) is 4.52. The van der Waals surface area contributed by atoms with Crippen LogP contribution in [0.2, 0.25) is 0 Å². The van der Waals surface area contributed by atoms with Crippen molar-refractivity contribution in [1.82, 2.24) is 10.1 Å². The van der Waals surface area contributed by atoms with Crippen molar-refractivity contribution >= 4 is 21.8 Å². The minimum Gasteiger partial charge on any atom is -0.361 e. The topological polar surface area (TPSA) is 46.3 Å². The summed E-state index contributed by atoms with van der Waals surface area (Å²) < 4.78 is 6.28. The van der Waals surface area contributed by atoms with Gasteiger partial charge in [0.2, 0.25) is 5.91 Å². The molecule has 2 atom stereocenters. The first-order valence-corrected chi connectivity index (χ1v) is 8.77. The van der Waals surface area contributed by atoms with Crippen LogP contribution >= 0.6 is 15.9 Å². The summed E-state index contributed by atoms with van der Waals surface area (Å²) in [5.41, 5.74) is 2.92. The summed E-state index contributed by atoms with van der Waals surface area (Å²) in [5, 5.41) is 3.98. The van der Waals surface area contributed by atoms with Crippen molar-refractivity contribution < 1.29 is 9.32 Å². The van der Waals surface area contributed by atoms with Gasteiger partial charge in [0, 0.05) is 16.6 Å². The lowest BCUT2D eigenvalue weighted by Crippen LogP contribution is -2.34. The van der Waals surface area contributed by atoms with Gasteiger partial charge < -0.3 is 9.42 Å². The molecule has 2 aromatic rings. The number of amides is 1. The zero-order valence-corrected chi connectivity index (χ0v) is 15.3. The highest BCUT2D eigenvalue weighted by molar-refractivity contribution is 9.10. The molecular weight excluding hydrogens is 356 g/mol. The third-order valence-electron chi connectivity index (χ3n) is 4.66. The summed E-state index contributed by atoms with van der Waals surface area (Å²) in [6.07, 6.45) is 2.05. The second kappa shape index (κ2) is 6.48. The van der Waals surface area contributed by atoms with E-state index >= 15 is 0 Å². The van der Waals surface area contributed by atoms with Crippen molar-refractivity contribution in [2.45, 2.75) is 45.6 Å². The highest BCUT2D eigenvalue weighted by Gasteiger charge is 2.34. The van der Waals surface area contributed by atoms with Crippen molar-refractivity contribution in [2.75, 3.05) is 6.54 Å². The van der Waals surface area contributed by atoms with E-state index in [0.29, 0.717) is 0 Å². The number of benzene rings is 1. The van der Waals surface area contributed by atoms with Crippen LogP contribution in [0.4, 0.5) is 0 Å². The van der Waals surface area contributed by atoms with E-state index in [4.69, 9.17) is 4.52 Å². The number of likely N-dealkylation sites (tertiary alicyclic amines) is 1. The zero-order valence-electron chi connectivity index (χ0n) is 13.7. The van der Waals surface area contributed by atoms with E-state index in [-0.39, 0.29) is 17.9 Å². The maximum atomic E-state index is 13.1. The molecule has 1 aromatic carbocycles. The van der Waals surface area contributed by atoms with Gasteiger partial charge in [-0.05, 0) is 51.3 Å². The van der Waals surface area contributed by atoms with E-state index in [0.717, 1.165) is 40.9 Å². The smallest absolute Gasteiger partial charge is 0.230 e. The fourth-order valence-corrected chi connectivity index (χ4v) is 3.99. The first kappa shape index (κ1) is 16.2. The number of aromatic nitrogens is 1. The Morgan fingerprint density at radius 3 is 2.87 bits per heavy atom. The van der Waals surface area contributed by atoms with Crippen LogP contribution in [-0.4, -0.2) is 22.5 Å². The molecule has 4 nitrogen and oxygen atoms in total. The highest BCUT2D eigenvalue weighted by atomic mass is 79.9. The predicted molar refractivity (Wildman–Crippen MR) is 92.2 cm³/mol. The van der Waals surface area contributed by atoms with Gasteiger partial charge in [0.05, 0.1) is 17.7 Å². The number of carbonyl (C=O) groups is 1. The van der Waals surface area contributed by atoms with Crippen molar-refractivity contribution in [2.24, 2.45) is 0 Å². The Hall–Kier alpha value is -1.62. The maximum Gasteiger partial charge on any atom is 0.230 e. The number of carbonyl (C=O) groups excluding carboxylic acids is 1. The molecule has 0 N–H and O–H groups in total. The normalized spacial score (nSPS) is 19.1. The average Bonchev–Trinajstić information content (AvgIpc) is 3.13. The lowest BCUT2D eigenvalue weighted by molar-refractivity contribution is -0.133. The third kappa shape index (κ3) is 3.07. The van der Waals surface area contributed by atoms with Crippen LogP contribution in [0.25, 0.3) is 0 Å². The summed E-state index contributed by atoms with van der Waals surface area (Å²) in [6.45, 7) is 6.52. The van der Waals surface area contributed by atoms with Gasteiger partial charge in [-0.25, -0.2) is 0 Å². The monoisotopic (exact) mass is 376 g/mol. The van der Waals surface area contributed by atoms with E-state index in [1.807, 2.05) is 37.8 Å². The van der Waals surface area contributed by atoms with E-state index in [9.17, 15) is 4.79 Å². The minimum atomic E-state index is -0.228. The minimum absolute atomic E-state index is 0.155. The Morgan fingerprint density at radius 1 is 1.43 bits per heavy atom. The molecule has 0 aliphatic carbocycles. The number of hydrogen-bond donors (Lipinski definition) is 0. The standard InChI is InChI=1S/C18H21BrN2O2/c1-11(17-12(2)20-23-13(17)3)18(22)21-9-5-8-16(21)14-6-4-7-15(19)10-14/h4,6-7,10-11,16H,5,8-9H2,1-3H3. The molecule has 23 heavy (non-hydrogen) atoms. The fraction of sp³-hybridized carbons (Fsp3) is 0.444. The number of halogens is 1. The number of hydrogen-bond acceptors (Lipinski definition) is 3. The van der Waals surface area contributed by atoms with E-state index in [2.05, 4.69) is 33.2 Å². The second-order valence-electron chi connectivity index (χ2n) is 6.20. The molecular formula is C18H21BrN2O2. The van der Waals surface area contributed by atoms with Crippen LogP contribution in [-0.2, 0) is 4.79 Å². The lowest BCUT2D eigenvalue weighted by Gasteiger charge is -2.28. The SMILES string of the molecule is Cc1noc(C)c1C(C)C(=O)N1CCCC1c1cccc(Br)c1. The van der Waals surface area contributed by atoms with Gasteiger partial charge in [0.15, 0.2) is 0 Å². The van der Waals surface area contributed by atoms with Crippen LogP contribution < -0.4 is 0 Å². The molecule has 2 heterocycles. The molecule has 1 aliphatic rings. The Labute approximate surface area is 145 Å². The van der Waals surface area contributed by atoms with Crippen molar-refractivity contribution in [3.63, 3.8) is 0 Å². The van der Waals surface area contributed by atoms with Crippen LogP contribution in [0.5, 0.6) is 0 Å². The third-order valence-corrected chi connectivity index (χ3v) is 5.15. The van der Waals surface area contributed by atoms with Crippen molar-refractivity contribution in [3.8, 4) is 0 Å². The van der Waals surface area contributed by atoms with Crippen molar-refractivity contribution in [3.05, 3.63) is 51.3 Å². The van der Waals surface area contributed by atoms with E-state index in [1.165, 1.54) is 5.56 Å². The Kier molecular flexibility index (Phi) is 4.57. The summed E-state index contributed by atoms with van der Waals surface area (Å²) in [7, 11) is 0. The highest BCUT2D eigenvalue weighted by Crippen LogP contribution is 2.36. The molecule has 122 valence electrons.